The zero-order valence-corrected chi connectivity index (χ0v) is 20.4. The van der Waals surface area contributed by atoms with Gasteiger partial charge in [-0.15, -0.1) is 0 Å². The normalized spacial score (nSPS) is 37.2. The zero-order valence-electron chi connectivity index (χ0n) is 16.4. The van der Waals surface area contributed by atoms with Gasteiger partial charge in [-0.05, 0) is 0 Å². The smallest absolute Gasteiger partial charge is 1.00 e. The molecule has 0 amide bonds. The third-order valence-electron chi connectivity index (χ3n) is 7.16. The first-order chi connectivity index (χ1) is 11.6. The van der Waals surface area contributed by atoms with E-state index in [1.807, 2.05) is 5.57 Å². The molecule has 2 saturated carbocycles. The Morgan fingerprint density at radius 1 is 1.00 bits per heavy atom. The fourth-order valence-electron chi connectivity index (χ4n) is 6.09. The van der Waals surface area contributed by atoms with Gasteiger partial charge in [0.2, 0.25) is 0 Å². The van der Waals surface area contributed by atoms with E-state index in [0.29, 0.717) is 0 Å². The average molecular weight is 470 g/mol. The van der Waals surface area contributed by atoms with Crippen molar-refractivity contribution in [2.45, 2.75) is 57.0 Å². The molecule has 0 radical (unpaired) electrons. The van der Waals surface area contributed by atoms with Gasteiger partial charge in [0.25, 0.3) is 0 Å². The second kappa shape index (κ2) is 9.19. The van der Waals surface area contributed by atoms with Crippen LogP contribution in [0.15, 0.2) is 47.1 Å². The first-order valence-electron chi connectivity index (χ1n) is 9.86. The Bertz CT molecular complexity index is 678. The Balaban J connectivity index is 0.00000121. The van der Waals surface area contributed by atoms with Gasteiger partial charge in [0.15, 0.2) is 0 Å². The summed E-state index contributed by atoms with van der Waals surface area (Å²) in [5.41, 5.74) is 5.02. The third kappa shape index (κ3) is 3.88. The minimum absolute atomic E-state index is 0. The van der Waals surface area contributed by atoms with E-state index in [-0.39, 0.29) is 24.8 Å². The van der Waals surface area contributed by atoms with Crippen molar-refractivity contribution in [3.8, 4) is 0 Å². The van der Waals surface area contributed by atoms with Crippen LogP contribution >= 0.6 is 0 Å². The van der Waals surface area contributed by atoms with Crippen LogP contribution in [0.2, 0.25) is 3.63 Å². The van der Waals surface area contributed by atoms with Gasteiger partial charge >= 0.3 is 160 Å². The Kier molecular flexibility index (Phi) is 7.98. The van der Waals surface area contributed by atoms with Crippen LogP contribution in [-0.4, -0.2) is 3.21 Å². The van der Waals surface area contributed by atoms with E-state index in [4.69, 9.17) is 0 Å². The fraction of sp³-hybridized carbons (Fsp3) is 0.609. The maximum atomic E-state index is 2.59. The summed E-state index contributed by atoms with van der Waals surface area (Å²) in [5.74, 6) is 4.54. The summed E-state index contributed by atoms with van der Waals surface area (Å²) >= 11 is -0.427. The molecular formula is C23H31Cl2Zr. The predicted octanol–water partition coefficient (Wildman–Crippen LogP) is 0.149. The molecule has 4 rings (SSSR count). The van der Waals surface area contributed by atoms with Crippen LogP contribution in [0.1, 0.15) is 53.4 Å². The third-order valence-corrected chi connectivity index (χ3v) is 11.3. The van der Waals surface area contributed by atoms with Crippen molar-refractivity contribution >= 4 is 3.21 Å². The van der Waals surface area contributed by atoms with Crippen molar-refractivity contribution in [1.29, 1.82) is 0 Å². The number of hydrogen-bond donors (Lipinski definition) is 0. The van der Waals surface area contributed by atoms with E-state index in [1.165, 1.54) is 25.7 Å². The molecule has 0 bridgehead atoms. The first kappa shape index (κ1) is 22.6. The van der Waals surface area contributed by atoms with E-state index in [0.717, 1.165) is 33.2 Å². The summed E-state index contributed by atoms with van der Waals surface area (Å²) < 4.78 is 2.82. The molecule has 3 heteroatoms. The molecule has 0 N–H and O–H groups in total. The predicted molar refractivity (Wildman–Crippen MR) is 101 cm³/mol. The molecule has 0 aromatic rings. The van der Waals surface area contributed by atoms with Crippen LogP contribution in [0.25, 0.3) is 0 Å². The monoisotopic (exact) mass is 467 g/mol. The van der Waals surface area contributed by atoms with Gasteiger partial charge in [0, 0.05) is 0 Å². The maximum Gasteiger partial charge on any atom is -1.00 e. The minimum atomic E-state index is -0.427. The van der Waals surface area contributed by atoms with Gasteiger partial charge in [-0.1, -0.05) is 0 Å². The molecule has 4 aliphatic rings. The molecule has 6 unspecified atom stereocenters. The molecule has 6 atom stereocenters. The van der Waals surface area contributed by atoms with Gasteiger partial charge < -0.3 is 24.8 Å². The quantitative estimate of drug-likeness (QED) is 0.540. The molecule has 0 nitrogen and oxygen atoms in total. The molecule has 0 saturated heterocycles. The second-order valence-electron chi connectivity index (χ2n) is 8.61. The number of hydrogen-bond acceptors (Lipinski definition) is 0. The van der Waals surface area contributed by atoms with Gasteiger partial charge in [-0.25, -0.2) is 0 Å². The molecule has 0 aliphatic heterocycles. The van der Waals surface area contributed by atoms with E-state index >= 15 is 0 Å². The summed E-state index contributed by atoms with van der Waals surface area (Å²) in [6, 6.07) is 0. The molecule has 26 heavy (non-hydrogen) atoms. The molecule has 0 aromatic carbocycles. The summed E-state index contributed by atoms with van der Waals surface area (Å²) in [6.07, 6.45) is 18.0. The zero-order chi connectivity index (χ0) is 16.8. The van der Waals surface area contributed by atoms with E-state index < -0.39 is 22.8 Å². The Morgan fingerprint density at radius 2 is 1.69 bits per heavy atom. The van der Waals surface area contributed by atoms with Gasteiger partial charge in [-0.2, -0.15) is 0 Å². The summed E-state index contributed by atoms with van der Waals surface area (Å²) in [4.78, 5) is 0. The number of allylic oxidation sites excluding steroid dienone is 8. The second-order valence-corrected chi connectivity index (χ2v) is 13.4. The maximum absolute atomic E-state index is 2.59. The molecular weight excluding hydrogens is 438 g/mol. The van der Waals surface area contributed by atoms with Crippen molar-refractivity contribution in [3.63, 3.8) is 0 Å². The Labute approximate surface area is 183 Å². The Hall–Kier alpha value is 0.293. The topological polar surface area (TPSA) is 0 Å². The summed E-state index contributed by atoms with van der Waals surface area (Å²) in [5, 5.41) is 0. The van der Waals surface area contributed by atoms with Crippen LogP contribution in [0.3, 0.4) is 0 Å². The number of halogens is 2. The summed E-state index contributed by atoms with van der Waals surface area (Å²) in [6.45, 7) is 9.55. The molecule has 141 valence electrons. The molecule has 0 aromatic heterocycles. The van der Waals surface area contributed by atoms with Crippen LogP contribution in [-0.2, 0) is 22.8 Å². The Morgan fingerprint density at radius 3 is 2.31 bits per heavy atom. The van der Waals surface area contributed by atoms with Crippen LogP contribution in [0.5, 0.6) is 0 Å². The standard InChI is InChI=1S/C20H25.C3H6.2ClH.Zr/c1-13-10-11-16(14(13)2)18-8-5-9-19-17-7-4-3-6-15(17)12-20(18)19;1-3-2;;;/h3-4,6-7,10,12,15,17-20H,5,8-9,11H2,1-2H3;1-2H3;2*1H;/q;;;;+2/p-2. The largest absolute Gasteiger partial charge is 1.00 e. The molecule has 2 fully saturated rings. The minimum Gasteiger partial charge on any atom is -1.00 e. The molecule has 0 heterocycles. The molecule has 0 spiro atoms. The van der Waals surface area contributed by atoms with Crippen molar-refractivity contribution < 1.29 is 47.6 Å². The average Bonchev–Trinajstić information content (AvgIpc) is 3.07. The number of rotatable bonds is 2. The van der Waals surface area contributed by atoms with Crippen LogP contribution < -0.4 is 24.8 Å². The van der Waals surface area contributed by atoms with Crippen molar-refractivity contribution in [2.24, 2.45) is 29.6 Å². The van der Waals surface area contributed by atoms with Crippen LogP contribution in [0, 0.1) is 29.6 Å². The molecule has 4 aliphatic carbocycles. The van der Waals surface area contributed by atoms with E-state index in [2.05, 4.69) is 58.1 Å². The van der Waals surface area contributed by atoms with Gasteiger partial charge in [0.1, 0.15) is 0 Å². The van der Waals surface area contributed by atoms with E-state index in [1.54, 1.807) is 14.4 Å². The summed E-state index contributed by atoms with van der Waals surface area (Å²) in [7, 11) is 0. The number of fused-ring (bicyclic) bond motifs is 3. The SMILES string of the molecule is CC1=CCC(C2CCCC3C4C=CC=CC4[CH]([Zr+2]=[C](C)C)C23)=C1C.[Cl-].[Cl-]. The van der Waals surface area contributed by atoms with E-state index in [9.17, 15) is 0 Å². The fourth-order valence-corrected chi connectivity index (χ4v) is 10.7. The van der Waals surface area contributed by atoms with Crippen LogP contribution in [0.4, 0.5) is 0 Å². The van der Waals surface area contributed by atoms with Gasteiger partial charge in [-0.3, -0.25) is 0 Å². The van der Waals surface area contributed by atoms with Crippen molar-refractivity contribution in [3.05, 3.63) is 47.1 Å². The first-order valence-corrected chi connectivity index (χ1v) is 12.5. The van der Waals surface area contributed by atoms with Crippen molar-refractivity contribution in [2.75, 3.05) is 0 Å². The van der Waals surface area contributed by atoms with Gasteiger partial charge in [0.05, 0.1) is 0 Å². The van der Waals surface area contributed by atoms with Crippen molar-refractivity contribution in [1.82, 2.24) is 0 Å².